The second-order valence-electron chi connectivity index (χ2n) is 4.37. The lowest BCUT2D eigenvalue weighted by atomic mass is 10.1. The van der Waals surface area contributed by atoms with E-state index in [4.69, 9.17) is 5.73 Å². The molecule has 3 N–H and O–H groups in total. The van der Waals surface area contributed by atoms with E-state index in [1.54, 1.807) is 0 Å². The van der Waals surface area contributed by atoms with Gasteiger partial charge in [-0.3, -0.25) is 0 Å². The molecule has 88 valence electrons. The van der Waals surface area contributed by atoms with Crippen LogP contribution in [0.5, 0.6) is 0 Å². The number of anilines is 1. The molecule has 2 heterocycles. The van der Waals surface area contributed by atoms with Crippen molar-refractivity contribution < 1.29 is 0 Å². The SMILES string of the molecule is Cc1nc(N2CCNCC2)ccc1C(C)N. The van der Waals surface area contributed by atoms with E-state index in [2.05, 4.69) is 27.3 Å². The second-order valence-corrected chi connectivity index (χ2v) is 4.37. The van der Waals surface area contributed by atoms with Gasteiger partial charge in [-0.1, -0.05) is 6.07 Å². The number of nitrogens with one attached hydrogen (secondary N) is 1. The average molecular weight is 220 g/mol. The first-order chi connectivity index (χ1) is 7.68. The summed E-state index contributed by atoms with van der Waals surface area (Å²) in [5.41, 5.74) is 8.06. The van der Waals surface area contributed by atoms with E-state index in [1.807, 2.05) is 13.8 Å². The molecular formula is C12H20N4. The molecule has 2 rings (SSSR count). The highest BCUT2D eigenvalue weighted by Gasteiger charge is 2.13. The summed E-state index contributed by atoms with van der Waals surface area (Å²) < 4.78 is 0. The first kappa shape index (κ1) is 11.4. The number of aryl methyl sites for hydroxylation is 1. The Morgan fingerprint density at radius 2 is 2.06 bits per heavy atom. The molecule has 0 aromatic carbocycles. The summed E-state index contributed by atoms with van der Waals surface area (Å²) in [6.45, 7) is 8.17. The zero-order valence-electron chi connectivity index (χ0n) is 10.0. The van der Waals surface area contributed by atoms with Crippen molar-refractivity contribution in [3.05, 3.63) is 23.4 Å². The fourth-order valence-corrected chi connectivity index (χ4v) is 2.11. The smallest absolute Gasteiger partial charge is 0.128 e. The minimum Gasteiger partial charge on any atom is -0.354 e. The van der Waals surface area contributed by atoms with Crippen molar-refractivity contribution in [1.29, 1.82) is 0 Å². The molecule has 0 radical (unpaired) electrons. The predicted molar refractivity (Wildman–Crippen MR) is 66.7 cm³/mol. The molecule has 1 saturated heterocycles. The number of hydrogen-bond acceptors (Lipinski definition) is 4. The molecule has 0 bridgehead atoms. The fourth-order valence-electron chi connectivity index (χ4n) is 2.11. The summed E-state index contributed by atoms with van der Waals surface area (Å²) in [5, 5.41) is 3.34. The monoisotopic (exact) mass is 220 g/mol. The summed E-state index contributed by atoms with van der Waals surface area (Å²) >= 11 is 0. The number of piperazine rings is 1. The van der Waals surface area contributed by atoms with Gasteiger partial charge in [0.05, 0.1) is 0 Å². The third-order valence-electron chi connectivity index (χ3n) is 3.04. The highest BCUT2D eigenvalue weighted by molar-refractivity contribution is 5.42. The van der Waals surface area contributed by atoms with Crippen molar-refractivity contribution in [2.24, 2.45) is 5.73 Å². The van der Waals surface area contributed by atoms with Crippen molar-refractivity contribution in [2.45, 2.75) is 19.9 Å². The molecule has 1 fully saturated rings. The number of nitrogens with two attached hydrogens (primary N) is 1. The largest absolute Gasteiger partial charge is 0.354 e. The number of aromatic nitrogens is 1. The van der Waals surface area contributed by atoms with Crippen molar-refractivity contribution >= 4 is 5.82 Å². The summed E-state index contributed by atoms with van der Waals surface area (Å²) in [4.78, 5) is 6.95. The number of hydrogen-bond donors (Lipinski definition) is 2. The lowest BCUT2D eigenvalue weighted by molar-refractivity contribution is 0.584. The van der Waals surface area contributed by atoms with Gasteiger partial charge >= 0.3 is 0 Å². The van der Waals surface area contributed by atoms with Crippen molar-refractivity contribution in [1.82, 2.24) is 10.3 Å². The topological polar surface area (TPSA) is 54.2 Å². The van der Waals surface area contributed by atoms with Crippen LogP contribution in [-0.4, -0.2) is 31.2 Å². The quantitative estimate of drug-likeness (QED) is 0.775. The molecule has 1 aromatic rings. The standard InChI is InChI=1S/C12H20N4/c1-9(13)11-3-4-12(15-10(11)2)16-7-5-14-6-8-16/h3-4,9,14H,5-8,13H2,1-2H3. The van der Waals surface area contributed by atoms with Gasteiger partial charge in [-0.15, -0.1) is 0 Å². The summed E-state index contributed by atoms with van der Waals surface area (Å²) in [5.74, 6) is 1.07. The second kappa shape index (κ2) is 4.80. The fraction of sp³-hybridized carbons (Fsp3) is 0.583. The van der Waals surface area contributed by atoms with Crippen LogP contribution in [0.3, 0.4) is 0 Å². The molecule has 0 aliphatic carbocycles. The van der Waals surface area contributed by atoms with Gasteiger partial charge < -0.3 is 16.0 Å². The Labute approximate surface area is 96.8 Å². The minimum absolute atomic E-state index is 0.0598. The van der Waals surface area contributed by atoms with Gasteiger partial charge in [-0.2, -0.15) is 0 Å². The van der Waals surface area contributed by atoms with Crippen molar-refractivity contribution in [3.8, 4) is 0 Å². The van der Waals surface area contributed by atoms with Gasteiger partial charge in [-0.05, 0) is 25.5 Å². The Hall–Kier alpha value is -1.13. The number of nitrogens with zero attached hydrogens (tertiary/aromatic N) is 2. The molecule has 4 heteroatoms. The minimum atomic E-state index is 0.0598. The van der Waals surface area contributed by atoms with Gasteiger partial charge in [0.1, 0.15) is 5.82 Å². The van der Waals surface area contributed by atoms with Crippen LogP contribution in [0, 0.1) is 6.92 Å². The van der Waals surface area contributed by atoms with Gasteiger partial charge in [0.25, 0.3) is 0 Å². The van der Waals surface area contributed by atoms with E-state index in [-0.39, 0.29) is 6.04 Å². The molecule has 0 spiro atoms. The maximum absolute atomic E-state index is 5.88. The van der Waals surface area contributed by atoms with E-state index in [0.717, 1.165) is 43.3 Å². The molecular weight excluding hydrogens is 200 g/mol. The van der Waals surface area contributed by atoms with Gasteiger partial charge in [0.2, 0.25) is 0 Å². The molecule has 16 heavy (non-hydrogen) atoms. The van der Waals surface area contributed by atoms with Gasteiger partial charge in [0.15, 0.2) is 0 Å². The van der Waals surface area contributed by atoms with Crippen LogP contribution in [0.1, 0.15) is 24.2 Å². The van der Waals surface area contributed by atoms with Crippen LogP contribution < -0.4 is 16.0 Å². The summed E-state index contributed by atoms with van der Waals surface area (Å²) in [7, 11) is 0. The molecule has 1 atom stereocenters. The van der Waals surface area contributed by atoms with E-state index in [1.165, 1.54) is 0 Å². The van der Waals surface area contributed by atoms with E-state index >= 15 is 0 Å². The Morgan fingerprint density at radius 1 is 1.38 bits per heavy atom. The Balaban J connectivity index is 2.19. The van der Waals surface area contributed by atoms with Gasteiger partial charge in [-0.25, -0.2) is 4.98 Å². The number of pyridine rings is 1. The lowest BCUT2D eigenvalue weighted by Gasteiger charge is -2.29. The average Bonchev–Trinajstić information content (AvgIpc) is 2.29. The molecule has 1 aliphatic heterocycles. The van der Waals surface area contributed by atoms with Crippen LogP contribution >= 0.6 is 0 Å². The molecule has 0 saturated carbocycles. The summed E-state index contributed by atoms with van der Waals surface area (Å²) in [6.07, 6.45) is 0. The maximum atomic E-state index is 5.88. The molecule has 1 aromatic heterocycles. The first-order valence-electron chi connectivity index (χ1n) is 5.87. The molecule has 1 aliphatic rings. The molecule has 1 unspecified atom stereocenters. The molecule has 4 nitrogen and oxygen atoms in total. The third-order valence-corrected chi connectivity index (χ3v) is 3.04. The Morgan fingerprint density at radius 3 is 2.62 bits per heavy atom. The first-order valence-corrected chi connectivity index (χ1v) is 5.87. The van der Waals surface area contributed by atoms with Crippen LogP contribution in [0.25, 0.3) is 0 Å². The zero-order chi connectivity index (χ0) is 11.5. The third kappa shape index (κ3) is 2.33. The molecule has 0 amide bonds. The van der Waals surface area contributed by atoms with Gasteiger partial charge in [0, 0.05) is 37.9 Å². The van der Waals surface area contributed by atoms with Crippen LogP contribution in [0.4, 0.5) is 5.82 Å². The van der Waals surface area contributed by atoms with Crippen LogP contribution in [0.15, 0.2) is 12.1 Å². The zero-order valence-corrected chi connectivity index (χ0v) is 10.0. The normalized spacial score (nSPS) is 18.6. The summed E-state index contributed by atoms with van der Waals surface area (Å²) in [6, 6.07) is 4.24. The van der Waals surface area contributed by atoms with E-state index < -0.39 is 0 Å². The Bertz CT molecular complexity index is 356. The highest BCUT2D eigenvalue weighted by Crippen LogP contribution is 2.18. The van der Waals surface area contributed by atoms with Crippen LogP contribution in [0.2, 0.25) is 0 Å². The van der Waals surface area contributed by atoms with E-state index in [9.17, 15) is 0 Å². The van der Waals surface area contributed by atoms with Crippen molar-refractivity contribution in [2.75, 3.05) is 31.1 Å². The van der Waals surface area contributed by atoms with Crippen LogP contribution in [-0.2, 0) is 0 Å². The highest BCUT2D eigenvalue weighted by atomic mass is 15.2. The lowest BCUT2D eigenvalue weighted by Crippen LogP contribution is -2.44. The number of rotatable bonds is 2. The predicted octanol–water partition coefficient (Wildman–Crippen LogP) is 0.819. The Kier molecular flexibility index (Phi) is 3.41. The van der Waals surface area contributed by atoms with E-state index in [0.29, 0.717) is 0 Å². The van der Waals surface area contributed by atoms with Crippen molar-refractivity contribution in [3.63, 3.8) is 0 Å². The maximum Gasteiger partial charge on any atom is 0.128 e.